The number of rotatable bonds is 30. The minimum atomic E-state index is -0.843. The molecule has 0 radical (unpaired) electrons. The lowest BCUT2D eigenvalue weighted by Gasteiger charge is -2.32. The monoisotopic (exact) mass is 530 g/mol. The van der Waals surface area contributed by atoms with Gasteiger partial charge in [-0.3, -0.25) is 0 Å². The van der Waals surface area contributed by atoms with Crippen LogP contribution in [0.5, 0.6) is 0 Å². The lowest BCUT2D eigenvalue weighted by Crippen LogP contribution is -2.39. The molecule has 0 N–H and O–H groups in total. The molecule has 0 bridgehead atoms. The van der Waals surface area contributed by atoms with Gasteiger partial charge >= 0.3 is 0 Å². The standard InChI is InChI=1S/C32H66O5/c1-7-13-14-15-18-21-24-27-30(31(33-8-2)34-9-3)28-25-22-19-16-17-20-23-26-29-32(35-10-4,36-11-5)37-12-6/h30-31H,7-29H2,1-6H3. The van der Waals surface area contributed by atoms with Gasteiger partial charge in [0.15, 0.2) is 6.29 Å². The quantitative estimate of drug-likeness (QED) is 0.0683. The molecule has 0 amide bonds. The van der Waals surface area contributed by atoms with Crippen LogP contribution in [0.25, 0.3) is 0 Å². The largest absolute Gasteiger partial charge is 0.353 e. The van der Waals surface area contributed by atoms with Crippen molar-refractivity contribution < 1.29 is 23.7 Å². The van der Waals surface area contributed by atoms with Crippen molar-refractivity contribution in [3.63, 3.8) is 0 Å². The van der Waals surface area contributed by atoms with Crippen molar-refractivity contribution in [2.45, 2.75) is 169 Å². The SMILES string of the molecule is CCCCCCCCCC(CCCCCCCCCCC(OCC)(OCC)OCC)C(OCC)OCC. The van der Waals surface area contributed by atoms with Crippen LogP contribution in [0.1, 0.15) is 157 Å². The molecule has 37 heavy (non-hydrogen) atoms. The van der Waals surface area contributed by atoms with Gasteiger partial charge in [0, 0.05) is 45.4 Å². The zero-order valence-corrected chi connectivity index (χ0v) is 26.0. The average Bonchev–Trinajstić information content (AvgIpc) is 2.88. The van der Waals surface area contributed by atoms with E-state index in [1.807, 2.05) is 20.8 Å². The van der Waals surface area contributed by atoms with Crippen molar-refractivity contribution in [1.82, 2.24) is 0 Å². The molecule has 224 valence electrons. The van der Waals surface area contributed by atoms with Gasteiger partial charge in [-0.05, 0) is 53.9 Å². The van der Waals surface area contributed by atoms with Crippen LogP contribution >= 0.6 is 0 Å². The Labute approximate surface area is 232 Å². The number of hydrogen-bond acceptors (Lipinski definition) is 5. The fourth-order valence-electron chi connectivity index (χ4n) is 5.24. The third-order valence-corrected chi connectivity index (χ3v) is 7.13. The van der Waals surface area contributed by atoms with E-state index in [2.05, 4.69) is 20.8 Å². The molecule has 0 saturated carbocycles. The molecule has 0 aliphatic rings. The average molecular weight is 531 g/mol. The van der Waals surface area contributed by atoms with Crippen LogP contribution in [-0.4, -0.2) is 45.3 Å². The van der Waals surface area contributed by atoms with Gasteiger partial charge in [-0.1, -0.05) is 96.8 Å². The second kappa shape index (κ2) is 27.4. The van der Waals surface area contributed by atoms with Crippen molar-refractivity contribution in [3.05, 3.63) is 0 Å². The third-order valence-electron chi connectivity index (χ3n) is 7.13. The molecule has 0 aromatic heterocycles. The van der Waals surface area contributed by atoms with E-state index in [1.54, 1.807) is 0 Å². The van der Waals surface area contributed by atoms with Crippen LogP contribution in [0.4, 0.5) is 0 Å². The zero-order chi connectivity index (χ0) is 27.5. The molecule has 5 nitrogen and oxygen atoms in total. The Morgan fingerprint density at radius 3 is 1.19 bits per heavy atom. The molecule has 0 saturated heterocycles. The number of unbranched alkanes of at least 4 members (excludes halogenated alkanes) is 13. The summed E-state index contributed by atoms with van der Waals surface area (Å²) in [6.07, 6.45) is 23.0. The summed E-state index contributed by atoms with van der Waals surface area (Å²) in [5.41, 5.74) is 0. The van der Waals surface area contributed by atoms with E-state index in [0.717, 1.165) is 26.1 Å². The highest BCUT2D eigenvalue weighted by Crippen LogP contribution is 2.26. The first-order chi connectivity index (χ1) is 18.1. The van der Waals surface area contributed by atoms with Crippen LogP contribution in [-0.2, 0) is 23.7 Å². The third kappa shape index (κ3) is 20.4. The van der Waals surface area contributed by atoms with Gasteiger partial charge in [-0.15, -0.1) is 0 Å². The van der Waals surface area contributed by atoms with E-state index in [4.69, 9.17) is 23.7 Å². The number of ether oxygens (including phenoxy) is 5. The lowest BCUT2D eigenvalue weighted by molar-refractivity contribution is -0.380. The van der Waals surface area contributed by atoms with Crippen molar-refractivity contribution in [2.24, 2.45) is 5.92 Å². The van der Waals surface area contributed by atoms with Gasteiger partial charge in [-0.2, -0.15) is 0 Å². The summed E-state index contributed by atoms with van der Waals surface area (Å²) in [5.74, 6) is -0.304. The van der Waals surface area contributed by atoms with Gasteiger partial charge in [-0.25, -0.2) is 0 Å². The fraction of sp³-hybridized carbons (Fsp3) is 1.00. The van der Waals surface area contributed by atoms with Crippen LogP contribution in [0.2, 0.25) is 0 Å². The predicted molar refractivity (Wildman–Crippen MR) is 157 cm³/mol. The van der Waals surface area contributed by atoms with Crippen LogP contribution < -0.4 is 0 Å². The summed E-state index contributed by atoms with van der Waals surface area (Å²) >= 11 is 0. The maximum atomic E-state index is 6.01. The van der Waals surface area contributed by atoms with E-state index in [1.165, 1.54) is 103 Å². The minimum absolute atomic E-state index is 0.0210. The molecule has 0 aromatic rings. The first kappa shape index (κ1) is 36.8. The molecular weight excluding hydrogens is 464 g/mol. The summed E-state index contributed by atoms with van der Waals surface area (Å²) in [6.45, 7) is 15.7. The summed E-state index contributed by atoms with van der Waals surface area (Å²) in [4.78, 5) is 0. The first-order valence-electron chi connectivity index (χ1n) is 16.3. The summed E-state index contributed by atoms with van der Waals surface area (Å²) < 4.78 is 29.5. The predicted octanol–water partition coefficient (Wildman–Crippen LogP) is 9.81. The Balaban J connectivity index is 4.15. The van der Waals surface area contributed by atoms with Crippen molar-refractivity contribution in [1.29, 1.82) is 0 Å². The topological polar surface area (TPSA) is 46.2 Å². The Bertz CT molecular complexity index is 422. The van der Waals surface area contributed by atoms with Gasteiger partial charge in [0.1, 0.15) is 0 Å². The first-order valence-corrected chi connectivity index (χ1v) is 16.3. The summed E-state index contributed by atoms with van der Waals surface area (Å²) in [6, 6.07) is 0. The lowest BCUT2D eigenvalue weighted by atomic mass is 9.93. The molecule has 0 rings (SSSR count). The normalized spacial score (nSPS) is 13.1. The van der Waals surface area contributed by atoms with Crippen LogP contribution in [0.15, 0.2) is 0 Å². The Morgan fingerprint density at radius 2 is 0.811 bits per heavy atom. The van der Waals surface area contributed by atoms with E-state index in [9.17, 15) is 0 Å². The maximum absolute atomic E-state index is 6.01. The highest BCUT2D eigenvalue weighted by molar-refractivity contribution is 4.66. The summed E-state index contributed by atoms with van der Waals surface area (Å²) in [7, 11) is 0. The molecular formula is C32H66O5. The molecule has 0 fully saturated rings. The molecule has 0 heterocycles. The van der Waals surface area contributed by atoms with E-state index in [-0.39, 0.29) is 6.29 Å². The molecule has 0 aromatic carbocycles. The highest BCUT2D eigenvalue weighted by Gasteiger charge is 2.31. The summed E-state index contributed by atoms with van der Waals surface area (Å²) in [5, 5.41) is 0. The molecule has 0 aliphatic carbocycles. The van der Waals surface area contributed by atoms with Crippen molar-refractivity contribution in [3.8, 4) is 0 Å². The molecule has 0 aliphatic heterocycles. The fourth-order valence-corrected chi connectivity index (χ4v) is 5.24. The molecule has 0 spiro atoms. The van der Waals surface area contributed by atoms with Gasteiger partial charge < -0.3 is 23.7 Å². The Kier molecular flexibility index (Phi) is 27.2. The van der Waals surface area contributed by atoms with Crippen molar-refractivity contribution >= 4 is 0 Å². The van der Waals surface area contributed by atoms with Gasteiger partial charge in [0.2, 0.25) is 0 Å². The number of hydrogen-bond donors (Lipinski definition) is 0. The second-order valence-electron chi connectivity index (χ2n) is 10.3. The van der Waals surface area contributed by atoms with Crippen LogP contribution in [0, 0.1) is 5.92 Å². The Hall–Kier alpha value is -0.200. The van der Waals surface area contributed by atoms with E-state index < -0.39 is 5.97 Å². The molecule has 1 unspecified atom stereocenters. The minimum Gasteiger partial charge on any atom is -0.353 e. The smallest absolute Gasteiger partial charge is 0.282 e. The van der Waals surface area contributed by atoms with Gasteiger partial charge in [0.05, 0.1) is 0 Å². The van der Waals surface area contributed by atoms with Crippen LogP contribution in [0.3, 0.4) is 0 Å². The highest BCUT2D eigenvalue weighted by atomic mass is 16.9. The van der Waals surface area contributed by atoms with E-state index >= 15 is 0 Å². The van der Waals surface area contributed by atoms with Crippen molar-refractivity contribution in [2.75, 3.05) is 33.0 Å². The van der Waals surface area contributed by atoms with Gasteiger partial charge in [0.25, 0.3) is 5.97 Å². The Morgan fingerprint density at radius 1 is 0.432 bits per heavy atom. The molecule has 1 atom stereocenters. The second-order valence-corrected chi connectivity index (χ2v) is 10.3. The van der Waals surface area contributed by atoms with E-state index in [0.29, 0.717) is 25.7 Å². The molecule has 5 heteroatoms. The maximum Gasteiger partial charge on any atom is 0.282 e. The zero-order valence-electron chi connectivity index (χ0n) is 26.0.